The summed E-state index contributed by atoms with van der Waals surface area (Å²) in [5.41, 5.74) is 3.69. The van der Waals surface area contributed by atoms with E-state index in [0.29, 0.717) is 44.4 Å². The van der Waals surface area contributed by atoms with Gasteiger partial charge in [0.1, 0.15) is 5.69 Å². The van der Waals surface area contributed by atoms with Gasteiger partial charge in [-0.15, -0.1) is 0 Å². The van der Waals surface area contributed by atoms with Gasteiger partial charge in [0.15, 0.2) is 23.0 Å². The van der Waals surface area contributed by atoms with Crippen LogP contribution in [0.5, 0.6) is 23.0 Å². The fourth-order valence-electron chi connectivity index (χ4n) is 3.57. The van der Waals surface area contributed by atoms with Gasteiger partial charge in [0.05, 0.1) is 44.8 Å². The van der Waals surface area contributed by atoms with E-state index in [1.165, 1.54) is 0 Å². The molecule has 0 fully saturated rings. The molecule has 0 spiro atoms. The van der Waals surface area contributed by atoms with Crippen molar-refractivity contribution in [2.75, 3.05) is 28.4 Å². The third kappa shape index (κ3) is 4.32. The van der Waals surface area contributed by atoms with E-state index in [1.807, 2.05) is 48.5 Å². The zero-order valence-corrected chi connectivity index (χ0v) is 20.1. The topological polar surface area (TPSA) is 54.7 Å². The maximum absolute atomic E-state index is 6.96. The van der Waals surface area contributed by atoms with Crippen LogP contribution in [0.2, 0.25) is 10.0 Å². The lowest BCUT2D eigenvalue weighted by atomic mass is 10.1. The second kappa shape index (κ2) is 9.65. The Kier molecular flexibility index (Phi) is 6.67. The average Bonchev–Trinajstić information content (AvgIpc) is 3.20. The molecule has 1 aromatic heterocycles. The average molecular weight is 485 g/mol. The predicted molar refractivity (Wildman–Crippen MR) is 131 cm³/mol. The summed E-state index contributed by atoms with van der Waals surface area (Å²) in [7, 11) is 6.37. The highest BCUT2D eigenvalue weighted by Gasteiger charge is 2.22. The molecule has 0 aliphatic rings. The molecular formula is C25H22Cl2N2O4. The van der Waals surface area contributed by atoms with Gasteiger partial charge >= 0.3 is 0 Å². The molecule has 33 heavy (non-hydrogen) atoms. The van der Waals surface area contributed by atoms with Crippen LogP contribution in [0, 0.1) is 0 Å². The van der Waals surface area contributed by atoms with E-state index in [2.05, 4.69) is 0 Å². The number of rotatable bonds is 7. The first-order valence-corrected chi connectivity index (χ1v) is 10.8. The summed E-state index contributed by atoms with van der Waals surface area (Å²) in [6.07, 6.45) is 0. The molecule has 0 aliphatic heterocycles. The molecule has 0 bridgehead atoms. The highest BCUT2D eigenvalue weighted by Crippen LogP contribution is 2.42. The Morgan fingerprint density at radius 2 is 1.15 bits per heavy atom. The number of ether oxygens (including phenoxy) is 4. The number of methoxy groups -OCH3 is 4. The second-order valence-corrected chi connectivity index (χ2v) is 7.85. The lowest BCUT2D eigenvalue weighted by molar-refractivity contribution is 0.355. The smallest absolute Gasteiger partial charge is 0.161 e. The Balaban J connectivity index is 1.96. The molecule has 6 nitrogen and oxygen atoms in total. The van der Waals surface area contributed by atoms with Gasteiger partial charge in [-0.1, -0.05) is 23.2 Å². The van der Waals surface area contributed by atoms with E-state index in [-0.39, 0.29) is 0 Å². The largest absolute Gasteiger partial charge is 0.493 e. The third-order valence-electron chi connectivity index (χ3n) is 5.21. The minimum atomic E-state index is 0.476. The molecule has 4 aromatic rings. The zero-order chi connectivity index (χ0) is 23.5. The van der Waals surface area contributed by atoms with Gasteiger partial charge in [-0.2, -0.15) is 5.10 Å². The first-order chi connectivity index (χ1) is 16.0. The molecule has 8 heteroatoms. The van der Waals surface area contributed by atoms with Crippen LogP contribution in [0.3, 0.4) is 0 Å². The quantitative estimate of drug-likeness (QED) is 0.297. The van der Waals surface area contributed by atoms with Gasteiger partial charge in [-0.25, -0.2) is 4.68 Å². The van der Waals surface area contributed by atoms with E-state index < -0.39 is 0 Å². The maximum atomic E-state index is 6.96. The summed E-state index contributed by atoms with van der Waals surface area (Å²) >= 11 is 13.1. The van der Waals surface area contributed by atoms with Crippen LogP contribution in [0.15, 0.2) is 60.7 Å². The van der Waals surface area contributed by atoms with Gasteiger partial charge in [0.25, 0.3) is 0 Å². The van der Waals surface area contributed by atoms with Crippen LogP contribution in [-0.4, -0.2) is 38.2 Å². The van der Waals surface area contributed by atoms with Gasteiger partial charge in [-0.3, -0.25) is 0 Å². The number of hydrogen-bond acceptors (Lipinski definition) is 5. The fraction of sp³-hybridized carbons (Fsp3) is 0.160. The Morgan fingerprint density at radius 1 is 0.636 bits per heavy atom. The molecule has 4 rings (SSSR count). The van der Waals surface area contributed by atoms with Crippen molar-refractivity contribution in [3.05, 3.63) is 70.7 Å². The second-order valence-electron chi connectivity index (χ2n) is 7.04. The van der Waals surface area contributed by atoms with Crippen molar-refractivity contribution in [2.45, 2.75) is 0 Å². The molecule has 1 heterocycles. The first kappa shape index (κ1) is 22.8. The van der Waals surface area contributed by atoms with Crippen LogP contribution in [0.1, 0.15) is 0 Å². The monoisotopic (exact) mass is 484 g/mol. The van der Waals surface area contributed by atoms with Crippen LogP contribution >= 0.6 is 23.2 Å². The fourth-order valence-corrected chi connectivity index (χ4v) is 4.03. The van der Waals surface area contributed by atoms with Gasteiger partial charge < -0.3 is 18.9 Å². The summed E-state index contributed by atoms with van der Waals surface area (Å²) in [6.45, 7) is 0. The van der Waals surface area contributed by atoms with Crippen molar-refractivity contribution >= 4 is 23.2 Å². The standard InChI is InChI=1S/C25H22Cl2N2O4/c1-30-19-11-5-15(13-21(19)32-3)24-23(27)25(16-6-12-20(31-2)22(14-16)33-4)29(28-24)18-9-7-17(26)8-10-18/h5-14H,1-4H3. The highest BCUT2D eigenvalue weighted by molar-refractivity contribution is 6.35. The summed E-state index contributed by atoms with van der Waals surface area (Å²) < 4.78 is 23.5. The van der Waals surface area contributed by atoms with Gasteiger partial charge in [0.2, 0.25) is 0 Å². The molecule has 0 saturated carbocycles. The van der Waals surface area contributed by atoms with E-state index in [4.69, 9.17) is 47.2 Å². The molecule has 0 unspecified atom stereocenters. The van der Waals surface area contributed by atoms with Crippen LogP contribution in [0.25, 0.3) is 28.2 Å². The molecule has 0 saturated heterocycles. The molecule has 0 radical (unpaired) electrons. The number of aromatic nitrogens is 2. The number of benzene rings is 3. The van der Waals surface area contributed by atoms with Crippen LogP contribution in [-0.2, 0) is 0 Å². The summed E-state index contributed by atoms with van der Waals surface area (Å²) in [5, 5.41) is 5.96. The Hall–Kier alpha value is -3.35. The van der Waals surface area contributed by atoms with E-state index in [0.717, 1.165) is 16.8 Å². The molecule has 0 amide bonds. The molecule has 0 N–H and O–H groups in total. The maximum Gasteiger partial charge on any atom is 0.161 e. The third-order valence-corrected chi connectivity index (χ3v) is 5.82. The zero-order valence-electron chi connectivity index (χ0n) is 18.6. The van der Waals surface area contributed by atoms with E-state index >= 15 is 0 Å². The highest BCUT2D eigenvalue weighted by atomic mass is 35.5. The Morgan fingerprint density at radius 3 is 1.70 bits per heavy atom. The molecule has 0 atom stereocenters. The summed E-state index contributed by atoms with van der Waals surface area (Å²) in [6, 6.07) is 18.5. The first-order valence-electron chi connectivity index (χ1n) is 10.00. The van der Waals surface area contributed by atoms with Crippen molar-refractivity contribution in [1.29, 1.82) is 0 Å². The normalized spacial score (nSPS) is 10.7. The van der Waals surface area contributed by atoms with Gasteiger partial charge in [0, 0.05) is 16.1 Å². The number of halogens is 2. The van der Waals surface area contributed by atoms with Crippen LogP contribution in [0.4, 0.5) is 0 Å². The SMILES string of the molecule is COc1ccc(-c2nn(-c3ccc(Cl)cc3)c(-c3ccc(OC)c(OC)c3)c2Cl)cc1OC. The van der Waals surface area contributed by atoms with Crippen molar-refractivity contribution in [3.8, 4) is 51.2 Å². The number of nitrogens with zero attached hydrogens (tertiary/aromatic N) is 2. The minimum absolute atomic E-state index is 0.476. The lowest BCUT2D eigenvalue weighted by Crippen LogP contribution is -2.00. The minimum Gasteiger partial charge on any atom is -0.493 e. The predicted octanol–water partition coefficient (Wildman–Crippen LogP) is 6.55. The molecule has 3 aromatic carbocycles. The Bertz CT molecular complexity index is 1290. The summed E-state index contributed by atoms with van der Waals surface area (Å²) in [5.74, 6) is 2.41. The molecule has 0 aliphatic carbocycles. The lowest BCUT2D eigenvalue weighted by Gasteiger charge is -2.12. The van der Waals surface area contributed by atoms with Crippen molar-refractivity contribution in [3.63, 3.8) is 0 Å². The van der Waals surface area contributed by atoms with Crippen LogP contribution < -0.4 is 18.9 Å². The van der Waals surface area contributed by atoms with E-state index in [9.17, 15) is 0 Å². The Labute approximate surface area is 202 Å². The number of hydrogen-bond donors (Lipinski definition) is 0. The molecular weight excluding hydrogens is 463 g/mol. The summed E-state index contributed by atoms with van der Waals surface area (Å²) in [4.78, 5) is 0. The van der Waals surface area contributed by atoms with Gasteiger partial charge in [-0.05, 0) is 60.7 Å². The van der Waals surface area contributed by atoms with Crippen molar-refractivity contribution in [2.24, 2.45) is 0 Å². The van der Waals surface area contributed by atoms with Crippen molar-refractivity contribution in [1.82, 2.24) is 9.78 Å². The van der Waals surface area contributed by atoms with E-state index in [1.54, 1.807) is 45.3 Å². The molecule has 170 valence electrons. The van der Waals surface area contributed by atoms with Crippen molar-refractivity contribution < 1.29 is 18.9 Å².